The number of rotatable bonds is 14. The molecule has 75 heavy (non-hydrogen) atoms. The van der Waals surface area contributed by atoms with Gasteiger partial charge in [-0.15, -0.1) is 6.42 Å². The Hall–Kier alpha value is -7.22. The van der Waals surface area contributed by atoms with E-state index >= 15 is 13.2 Å². The van der Waals surface area contributed by atoms with E-state index < -0.39 is 29.5 Å². The molecule has 4 unspecified atom stereocenters. The fraction of sp³-hybridized carbons (Fsp3) is 0.482. The van der Waals surface area contributed by atoms with Crippen molar-refractivity contribution in [1.82, 2.24) is 35.0 Å². The number of fused-ring (bicyclic) bond motifs is 4. The van der Waals surface area contributed by atoms with Crippen molar-refractivity contribution in [1.29, 1.82) is 5.26 Å². The quantitative estimate of drug-likeness (QED) is 0.0800. The van der Waals surface area contributed by atoms with E-state index in [4.69, 9.17) is 21.1 Å². The van der Waals surface area contributed by atoms with Crippen LogP contribution in [-0.4, -0.2) is 143 Å². The predicted octanol–water partition coefficient (Wildman–Crippen LogP) is 6.59. The zero-order chi connectivity index (χ0) is 52.1. The Balaban J connectivity index is 0.752. The fourth-order valence-electron chi connectivity index (χ4n) is 12.1. The first-order chi connectivity index (χ1) is 36.2. The summed E-state index contributed by atoms with van der Waals surface area (Å²) in [7, 11) is 0. The van der Waals surface area contributed by atoms with Crippen LogP contribution in [-0.2, 0) is 14.4 Å². The number of nitrogens with zero attached hydrogens (tertiary/aromatic N) is 9. The third-order valence-electron chi connectivity index (χ3n) is 16.4. The van der Waals surface area contributed by atoms with Crippen molar-refractivity contribution < 1.29 is 37.4 Å². The zero-order valence-corrected chi connectivity index (χ0v) is 42.0. The molecule has 390 valence electrons. The summed E-state index contributed by atoms with van der Waals surface area (Å²) in [5.41, 5.74) is 0.720. The lowest BCUT2D eigenvalue weighted by Crippen LogP contribution is -2.56. The Bertz CT molecular complexity index is 3150. The maximum atomic E-state index is 17.4. The van der Waals surface area contributed by atoms with Gasteiger partial charge in [0.2, 0.25) is 17.7 Å². The van der Waals surface area contributed by atoms with Gasteiger partial charge in [0.25, 0.3) is 0 Å². The largest absolute Gasteiger partial charge is 0.508 e. The van der Waals surface area contributed by atoms with E-state index in [1.807, 2.05) is 9.80 Å². The van der Waals surface area contributed by atoms with Gasteiger partial charge >= 0.3 is 6.01 Å². The summed E-state index contributed by atoms with van der Waals surface area (Å²) < 4.78 is 54.4. The van der Waals surface area contributed by atoms with Crippen LogP contribution in [0.5, 0.6) is 11.8 Å². The Kier molecular flexibility index (Phi) is 13.6. The number of hydrogen-bond acceptors (Lipinski definition) is 14. The number of nitriles is 1. The normalized spacial score (nSPS) is 22.5. The van der Waals surface area contributed by atoms with Crippen molar-refractivity contribution in [3.63, 3.8) is 0 Å². The number of anilines is 3. The zero-order valence-electron chi connectivity index (χ0n) is 42.0. The molecule has 3 aromatic carbocycles. The first kappa shape index (κ1) is 50.0. The fourth-order valence-corrected chi connectivity index (χ4v) is 12.1. The number of terminal acetylenes is 1. The van der Waals surface area contributed by atoms with Crippen molar-refractivity contribution >= 4 is 56.6 Å². The Labute approximate surface area is 433 Å². The molecule has 3 amide bonds. The number of piperazine rings is 2. The summed E-state index contributed by atoms with van der Waals surface area (Å²) in [4.78, 5) is 62.5. The average Bonchev–Trinajstić information content (AvgIpc) is 4.12. The number of ether oxygens (including phenoxy) is 1. The second-order valence-electron chi connectivity index (χ2n) is 21.6. The van der Waals surface area contributed by atoms with E-state index in [-0.39, 0.29) is 87.5 Å². The van der Waals surface area contributed by atoms with Crippen molar-refractivity contribution in [3.05, 3.63) is 71.7 Å². The molecule has 5 aromatic rings. The van der Waals surface area contributed by atoms with E-state index in [1.54, 1.807) is 19.1 Å². The van der Waals surface area contributed by atoms with Crippen molar-refractivity contribution in [2.24, 2.45) is 17.3 Å². The molecule has 7 heterocycles. The van der Waals surface area contributed by atoms with Gasteiger partial charge in [0, 0.05) is 119 Å². The van der Waals surface area contributed by atoms with Crippen LogP contribution in [0.3, 0.4) is 0 Å². The molecule has 1 aliphatic carbocycles. The molecule has 5 saturated heterocycles. The molecular formula is C56H60F3N11O5. The van der Waals surface area contributed by atoms with Crippen LogP contribution in [0.2, 0.25) is 0 Å². The maximum Gasteiger partial charge on any atom is 0.319 e. The second-order valence-corrected chi connectivity index (χ2v) is 21.6. The van der Waals surface area contributed by atoms with Crippen LogP contribution >= 0.6 is 0 Å². The summed E-state index contributed by atoms with van der Waals surface area (Å²) >= 11 is 0. The number of phenols is 1. The number of piperidine rings is 2. The van der Waals surface area contributed by atoms with E-state index in [9.17, 15) is 24.8 Å². The number of carbonyl (C=O) groups is 3. The Morgan fingerprint density at radius 2 is 1.69 bits per heavy atom. The van der Waals surface area contributed by atoms with E-state index in [0.717, 1.165) is 90.9 Å². The molecule has 1 saturated carbocycles. The molecule has 0 spiro atoms. The highest BCUT2D eigenvalue weighted by Gasteiger charge is 2.46. The molecule has 6 fully saturated rings. The molecule has 6 aliphatic rings. The number of pyridine rings is 1. The summed E-state index contributed by atoms with van der Waals surface area (Å²) in [5, 5.41) is 26.6. The van der Waals surface area contributed by atoms with Gasteiger partial charge in [-0.2, -0.15) is 15.2 Å². The van der Waals surface area contributed by atoms with Gasteiger partial charge in [-0.3, -0.25) is 24.7 Å². The van der Waals surface area contributed by atoms with Gasteiger partial charge in [0.1, 0.15) is 40.5 Å². The van der Waals surface area contributed by atoms with Crippen LogP contribution in [0.15, 0.2) is 48.7 Å². The average molecular weight is 1020 g/mol. The number of amides is 3. The molecule has 5 aliphatic heterocycles. The first-order valence-corrected chi connectivity index (χ1v) is 26.2. The smallest absolute Gasteiger partial charge is 0.319 e. The third-order valence-corrected chi connectivity index (χ3v) is 16.4. The number of aromatic nitrogens is 3. The van der Waals surface area contributed by atoms with Gasteiger partial charge in [0.15, 0.2) is 5.82 Å². The maximum absolute atomic E-state index is 17.4. The topological polar surface area (TPSA) is 183 Å². The molecule has 19 heteroatoms. The summed E-state index contributed by atoms with van der Waals surface area (Å²) in [6.45, 7) is 9.92. The lowest BCUT2D eigenvalue weighted by atomic mass is 9.95. The Morgan fingerprint density at radius 3 is 2.39 bits per heavy atom. The van der Waals surface area contributed by atoms with Gasteiger partial charge in [-0.1, -0.05) is 12.0 Å². The monoisotopic (exact) mass is 1020 g/mol. The van der Waals surface area contributed by atoms with Gasteiger partial charge in [-0.25, -0.2) is 13.2 Å². The molecule has 3 N–H and O–H groups in total. The van der Waals surface area contributed by atoms with Crippen molar-refractivity contribution in [2.45, 2.75) is 82.8 Å². The van der Waals surface area contributed by atoms with E-state index in [2.05, 4.69) is 42.3 Å². The highest BCUT2D eigenvalue weighted by molar-refractivity contribution is 6.03. The summed E-state index contributed by atoms with van der Waals surface area (Å²) in [6, 6.07) is 11.7. The standard InChI is InChI=1S/C56H60F3N11O5/c1-3-40-43(57)8-4-35-23-39(71)25-41(49(35)40)51-50(59)52-42(27-61-51)53(69-29-37-6-7-38(30-69)70(37)48(73)22-33(2)26-60)65-55(64-52)75-32-56(14-15-56)31-67-20-18-66(19-21-67)28-34-12-16-68(17-13-34)46-10-5-36(24-44(46)58)62-45-9-11-47(72)63-54(45)74/h1,4-5,8,10,23-25,27,33-34,37-38,45,62,71H,6-7,9,11-22,28-32H2,2H3,(H,63,72,74). The van der Waals surface area contributed by atoms with Crippen LogP contribution in [0.4, 0.5) is 30.4 Å². The molecular weight excluding hydrogens is 964 g/mol. The highest BCUT2D eigenvalue weighted by atomic mass is 19.1. The number of benzene rings is 3. The van der Waals surface area contributed by atoms with E-state index in [0.29, 0.717) is 60.0 Å². The lowest BCUT2D eigenvalue weighted by Gasteiger charge is -2.42. The summed E-state index contributed by atoms with van der Waals surface area (Å²) in [6.07, 6.45) is 13.4. The van der Waals surface area contributed by atoms with Crippen LogP contribution in [0.1, 0.15) is 70.3 Å². The molecule has 16 nitrogen and oxygen atoms in total. The summed E-state index contributed by atoms with van der Waals surface area (Å²) in [5.74, 6) is 0.169. The minimum atomic E-state index is -0.811. The molecule has 11 rings (SSSR count). The number of halogens is 3. The third kappa shape index (κ3) is 10.2. The molecule has 4 atom stereocenters. The van der Waals surface area contributed by atoms with Crippen molar-refractivity contribution in [3.8, 4) is 41.4 Å². The highest BCUT2D eigenvalue weighted by Crippen LogP contribution is 2.47. The second kappa shape index (κ2) is 20.5. The number of phenolic OH excluding ortho intramolecular Hbond substituents is 1. The van der Waals surface area contributed by atoms with Crippen LogP contribution in [0.25, 0.3) is 32.9 Å². The molecule has 0 radical (unpaired) electrons. The first-order valence-electron chi connectivity index (χ1n) is 26.2. The van der Waals surface area contributed by atoms with Gasteiger partial charge in [0.05, 0.1) is 35.2 Å². The Morgan fingerprint density at radius 1 is 0.947 bits per heavy atom. The molecule has 2 bridgehead atoms. The number of aromatic hydroxyl groups is 1. The number of carbonyl (C=O) groups excluding carboxylic acids is 3. The van der Waals surface area contributed by atoms with Crippen LogP contribution < -0.4 is 25.2 Å². The van der Waals surface area contributed by atoms with Gasteiger partial charge in [-0.05, 0) is 99.6 Å². The minimum Gasteiger partial charge on any atom is -0.508 e. The molecule has 2 aromatic heterocycles. The SMILES string of the molecule is C#Cc1c(F)ccc2cc(O)cc(-c3ncc4c(N5CC6CCC(C5)N6C(=O)CC(C)C#N)nc(OCC5(CN6CCN(CC7CCN(c8ccc(NC9CCC(=O)NC9=O)cc8F)CC7)CC6)CC5)nc4c3F)c12. The lowest BCUT2D eigenvalue weighted by molar-refractivity contribution is -0.135. The van der Waals surface area contributed by atoms with E-state index in [1.165, 1.54) is 36.5 Å². The van der Waals surface area contributed by atoms with Gasteiger partial charge < -0.3 is 39.7 Å². The van der Waals surface area contributed by atoms with Crippen molar-refractivity contribution in [2.75, 3.05) is 87.2 Å². The minimum absolute atomic E-state index is 0.00190. The number of imide groups is 1. The van der Waals surface area contributed by atoms with Crippen LogP contribution in [0, 0.1) is 58.4 Å². The number of hydrogen-bond donors (Lipinski definition) is 3. The number of nitrogens with one attached hydrogen (secondary N) is 2. The predicted molar refractivity (Wildman–Crippen MR) is 276 cm³/mol.